The van der Waals surface area contributed by atoms with Gasteiger partial charge < -0.3 is 14.6 Å². The van der Waals surface area contributed by atoms with Crippen LogP contribution in [0.1, 0.15) is 58.9 Å². The fourth-order valence-corrected chi connectivity index (χ4v) is 1.86. The molecule has 1 unspecified atom stereocenters. The molecule has 1 aromatic rings. The number of hydrogen-bond acceptors (Lipinski definition) is 5. The Hall–Kier alpha value is -0.940. The van der Waals surface area contributed by atoms with Crippen molar-refractivity contribution in [2.45, 2.75) is 59.6 Å². The van der Waals surface area contributed by atoms with Crippen LogP contribution in [-0.4, -0.2) is 29.3 Å². The van der Waals surface area contributed by atoms with Gasteiger partial charge in [-0.3, -0.25) is 0 Å². The van der Waals surface area contributed by atoms with E-state index in [1.165, 1.54) is 0 Å². The second-order valence-corrected chi connectivity index (χ2v) is 5.38. The fourth-order valence-electron chi connectivity index (χ4n) is 1.86. The highest BCUT2D eigenvalue weighted by Gasteiger charge is 2.21. The smallest absolute Gasteiger partial charge is 0.226 e. The molecule has 0 amide bonds. The summed E-state index contributed by atoms with van der Waals surface area (Å²) in [5.41, 5.74) is 0. The van der Waals surface area contributed by atoms with Gasteiger partial charge in [0.05, 0.1) is 0 Å². The van der Waals surface area contributed by atoms with Crippen molar-refractivity contribution in [3.05, 3.63) is 11.7 Å². The third-order valence-electron chi connectivity index (χ3n) is 2.81. The zero-order valence-electron chi connectivity index (χ0n) is 12.8. The van der Waals surface area contributed by atoms with E-state index in [-0.39, 0.29) is 6.10 Å². The van der Waals surface area contributed by atoms with Crippen molar-refractivity contribution in [1.29, 1.82) is 0 Å². The second-order valence-electron chi connectivity index (χ2n) is 5.38. The minimum atomic E-state index is -0.0729. The fraction of sp³-hybridized carbons (Fsp3) is 0.857. The summed E-state index contributed by atoms with van der Waals surface area (Å²) in [7, 11) is 0. The highest BCUT2D eigenvalue weighted by Crippen LogP contribution is 2.23. The molecule has 0 fully saturated rings. The van der Waals surface area contributed by atoms with Crippen molar-refractivity contribution in [1.82, 2.24) is 15.5 Å². The highest BCUT2D eigenvalue weighted by atomic mass is 16.5. The molecule has 1 heterocycles. The molecular formula is C14H27N3O2. The molecule has 0 saturated heterocycles. The van der Waals surface area contributed by atoms with Crippen LogP contribution in [0.25, 0.3) is 0 Å². The van der Waals surface area contributed by atoms with Crippen LogP contribution >= 0.6 is 0 Å². The van der Waals surface area contributed by atoms with Crippen LogP contribution in [0.5, 0.6) is 0 Å². The maximum absolute atomic E-state index is 5.66. The van der Waals surface area contributed by atoms with Gasteiger partial charge in [0.15, 0.2) is 0 Å². The first-order valence-electron chi connectivity index (χ1n) is 7.22. The van der Waals surface area contributed by atoms with Gasteiger partial charge >= 0.3 is 0 Å². The van der Waals surface area contributed by atoms with Crippen LogP contribution in [0.4, 0.5) is 0 Å². The van der Waals surface area contributed by atoms with Gasteiger partial charge in [0.1, 0.15) is 6.10 Å². The van der Waals surface area contributed by atoms with Crippen LogP contribution < -0.4 is 5.32 Å². The number of hydrogen-bond donors (Lipinski definition) is 1. The molecule has 1 rings (SSSR count). The second kappa shape index (κ2) is 8.27. The summed E-state index contributed by atoms with van der Waals surface area (Å²) in [5.74, 6) is 1.71. The van der Waals surface area contributed by atoms with E-state index in [0.29, 0.717) is 30.3 Å². The van der Waals surface area contributed by atoms with Crippen molar-refractivity contribution < 1.29 is 9.26 Å². The largest absolute Gasteiger partial charge is 0.370 e. The third kappa shape index (κ3) is 5.70. The monoisotopic (exact) mass is 269 g/mol. The van der Waals surface area contributed by atoms with Crippen LogP contribution in [-0.2, 0) is 11.2 Å². The normalized spacial score (nSPS) is 13.4. The lowest BCUT2D eigenvalue weighted by Gasteiger charge is -2.16. The van der Waals surface area contributed by atoms with Crippen molar-refractivity contribution in [3.8, 4) is 0 Å². The van der Waals surface area contributed by atoms with E-state index in [1.807, 2.05) is 6.92 Å². The molecule has 19 heavy (non-hydrogen) atoms. The molecule has 0 aliphatic carbocycles. The summed E-state index contributed by atoms with van der Waals surface area (Å²) in [5, 5.41) is 7.41. The predicted molar refractivity (Wildman–Crippen MR) is 75.0 cm³/mol. The summed E-state index contributed by atoms with van der Waals surface area (Å²) in [6.07, 6.45) is 1.74. The van der Waals surface area contributed by atoms with E-state index in [1.54, 1.807) is 0 Å². The summed E-state index contributed by atoms with van der Waals surface area (Å²) in [6, 6.07) is 0.515. The lowest BCUT2D eigenvalue weighted by atomic mass is 10.1. The quantitative estimate of drug-likeness (QED) is 0.698. The zero-order chi connectivity index (χ0) is 14.3. The van der Waals surface area contributed by atoms with Gasteiger partial charge in [-0.2, -0.15) is 4.98 Å². The first-order chi connectivity index (χ1) is 9.04. The van der Waals surface area contributed by atoms with Gasteiger partial charge in [-0.05, 0) is 25.8 Å². The van der Waals surface area contributed by atoms with E-state index in [9.17, 15) is 0 Å². The molecule has 110 valence electrons. The number of nitrogens with zero attached hydrogens (tertiary/aromatic N) is 2. The summed E-state index contributed by atoms with van der Waals surface area (Å²) >= 11 is 0. The number of aryl methyl sites for hydroxylation is 1. The van der Waals surface area contributed by atoms with Gasteiger partial charge in [0.2, 0.25) is 11.7 Å². The molecule has 1 atom stereocenters. The van der Waals surface area contributed by atoms with E-state index in [0.717, 1.165) is 19.4 Å². The molecule has 0 radical (unpaired) electrons. The number of ether oxygens (including phenoxy) is 1. The summed E-state index contributed by atoms with van der Waals surface area (Å²) in [6.45, 7) is 12.1. The Morgan fingerprint density at radius 2 is 2.00 bits per heavy atom. The van der Waals surface area contributed by atoms with Gasteiger partial charge in [-0.15, -0.1) is 0 Å². The molecular weight excluding hydrogens is 242 g/mol. The lowest BCUT2D eigenvalue weighted by Crippen LogP contribution is -2.23. The Bertz CT molecular complexity index is 350. The van der Waals surface area contributed by atoms with Crippen LogP contribution in [0.2, 0.25) is 0 Å². The van der Waals surface area contributed by atoms with Crippen molar-refractivity contribution >= 4 is 0 Å². The van der Waals surface area contributed by atoms with Crippen LogP contribution in [0.3, 0.4) is 0 Å². The van der Waals surface area contributed by atoms with E-state index < -0.39 is 0 Å². The molecule has 1 aromatic heterocycles. The van der Waals surface area contributed by atoms with E-state index in [2.05, 4.69) is 43.2 Å². The highest BCUT2D eigenvalue weighted by molar-refractivity contribution is 4.93. The third-order valence-corrected chi connectivity index (χ3v) is 2.81. The number of nitrogens with one attached hydrogen (secondary N) is 1. The molecule has 5 heteroatoms. The standard InChI is InChI=1S/C14H27N3O2/c1-6-18-13(10(2)3)14-16-12(19-17-14)8-7-9-15-11(4)5/h10-11,13,15H,6-9H2,1-5H3. The molecule has 1 N–H and O–H groups in total. The van der Waals surface area contributed by atoms with Gasteiger partial charge in [0.25, 0.3) is 0 Å². The number of aromatic nitrogens is 2. The van der Waals surface area contributed by atoms with Crippen molar-refractivity contribution in [2.75, 3.05) is 13.2 Å². The Morgan fingerprint density at radius 1 is 1.26 bits per heavy atom. The Balaban J connectivity index is 2.46. The molecule has 5 nitrogen and oxygen atoms in total. The topological polar surface area (TPSA) is 60.2 Å². The average molecular weight is 269 g/mol. The van der Waals surface area contributed by atoms with Crippen LogP contribution in [0, 0.1) is 5.92 Å². The predicted octanol–water partition coefficient (Wildman–Crippen LogP) is 2.73. The summed E-state index contributed by atoms with van der Waals surface area (Å²) in [4.78, 5) is 4.44. The molecule has 0 aliphatic rings. The molecule has 0 spiro atoms. The van der Waals surface area contributed by atoms with Gasteiger partial charge in [-0.1, -0.05) is 32.9 Å². The maximum Gasteiger partial charge on any atom is 0.226 e. The molecule has 0 aliphatic heterocycles. The lowest BCUT2D eigenvalue weighted by molar-refractivity contribution is 0.0217. The zero-order valence-corrected chi connectivity index (χ0v) is 12.8. The minimum Gasteiger partial charge on any atom is -0.370 e. The first kappa shape index (κ1) is 16.1. The molecule has 0 aromatic carbocycles. The van der Waals surface area contributed by atoms with Crippen LogP contribution in [0.15, 0.2) is 4.52 Å². The summed E-state index contributed by atoms with van der Waals surface area (Å²) < 4.78 is 10.9. The molecule has 0 saturated carbocycles. The Morgan fingerprint density at radius 3 is 2.58 bits per heavy atom. The minimum absolute atomic E-state index is 0.0729. The first-order valence-corrected chi connectivity index (χ1v) is 7.22. The molecule has 0 bridgehead atoms. The SMILES string of the molecule is CCOC(c1noc(CCCNC(C)C)n1)C(C)C. The van der Waals surface area contributed by atoms with Crippen molar-refractivity contribution in [3.63, 3.8) is 0 Å². The maximum atomic E-state index is 5.66. The van der Waals surface area contributed by atoms with Gasteiger partial charge in [0, 0.05) is 19.1 Å². The van der Waals surface area contributed by atoms with Gasteiger partial charge in [-0.25, -0.2) is 0 Å². The average Bonchev–Trinajstić information content (AvgIpc) is 2.79. The van der Waals surface area contributed by atoms with E-state index in [4.69, 9.17) is 9.26 Å². The number of rotatable bonds is 9. The van der Waals surface area contributed by atoms with E-state index >= 15 is 0 Å². The van der Waals surface area contributed by atoms with Crippen molar-refractivity contribution in [2.24, 2.45) is 5.92 Å². The Kier molecular flexibility index (Phi) is 7.02. The Labute approximate surface area is 116 Å².